The number of hydrogen-bond donors (Lipinski definition) is 2. The lowest BCUT2D eigenvalue weighted by Crippen LogP contribution is -2.33. The lowest BCUT2D eigenvalue weighted by Gasteiger charge is -2.38. The van der Waals surface area contributed by atoms with E-state index in [1.807, 2.05) is 26.0 Å². The largest absolute Gasteiger partial charge is 0.386 e. The van der Waals surface area contributed by atoms with Gasteiger partial charge in [0.2, 0.25) is 0 Å². The van der Waals surface area contributed by atoms with Crippen molar-refractivity contribution in [3.8, 4) is 0 Å². The fraction of sp³-hybridized carbons (Fsp3) is 0.500. The van der Waals surface area contributed by atoms with Gasteiger partial charge in [-0.2, -0.15) is 0 Å². The number of allylic oxidation sites excluding steroid dienone is 4. The highest BCUT2D eigenvalue weighted by Gasteiger charge is 2.36. The van der Waals surface area contributed by atoms with Crippen LogP contribution in [0.1, 0.15) is 79.4 Å². The maximum absolute atomic E-state index is 10.7. The summed E-state index contributed by atoms with van der Waals surface area (Å²) in [6.07, 6.45) is 9.63. The molecule has 0 heterocycles. The highest BCUT2D eigenvalue weighted by molar-refractivity contribution is 5.47. The van der Waals surface area contributed by atoms with Gasteiger partial charge in [-0.05, 0) is 38.8 Å². The first-order valence-corrected chi connectivity index (χ1v) is 11.0. The summed E-state index contributed by atoms with van der Waals surface area (Å²) in [6, 6.07) is 8.84. The van der Waals surface area contributed by atoms with Gasteiger partial charge in [0, 0.05) is 23.7 Å². The molecule has 0 spiro atoms. The molecule has 2 aliphatic carbocycles. The third kappa shape index (κ3) is 4.55. The Morgan fingerprint density at radius 3 is 1.43 bits per heavy atom. The van der Waals surface area contributed by atoms with Gasteiger partial charge in [0.1, 0.15) is 0 Å². The van der Waals surface area contributed by atoms with E-state index < -0.39 is 11.2 Å². The molecule has 30 heavy (non-hydrogen) atoms. The molecule has 0 radical (unpaired) electrons. The van der Waals surface area contributed by atoms with Gasteiger partial charge in [-0.25, -0.2) is 0 Å². The monoisotopic (exact) mass is 406 g/mol. The standard InChI is InChI=1S/C28H38O2/c1-19-12-23(17-27(7,29)15-19)25(3,4)21-10-9-11-22(14-21)26(5,6)24-13-20(2)16-28(8,30)18-24/h9-16,29-30H,17-18H2,1-8H3. The van der Waals surface area contributed by atoms with Crippen molar-refractivity contribution in [1.82, 2.24) is 0 Å². The van der Waals surface area contributed by atoms with Crippen LogP contribution in [0.2, 0.25) is 0 Å². The Hall–Kier alpha value is -1.90. The third-order valence-electron chi connectivity index (χ3n) is 6.89. The Balaban J connectivity index is 2.00. The second-order valence-electron chi connectivity index (χ2n) is 11.0. The molecule has 0 bridgehead atoms. The normalized spacial score (nSPS) is 27.8. The van der Waals surface area contributed by atoms with Gasteiger partial charge in [-0.3, -0.25) is 0 Å². The molecule has 1 aromatic rings. The minimum atomic E-state index is -0.801. The van der Waals surface area contributed by atoms with Crippen molar-refractivity contribution in [3.05, 3.63) is 82.0 Å². The number of benzene rings is 1. The van der Waals surface area contributed by atoms with E-state index in [4.69, 9.17) is 0 Å². The van der Waals surface area contributed by atoms with Crippen LogP contribution in [-0.4, -0.2) is 21.4 Å². The zero-order valence-corrected chi connectivity index (χ0v) is 19.9. The first-order chi connectivity index (χ1) is 13.6. The van der Waals surface area contributed by atoms with E-state index in [9.17, 15) is 10.2 Å². The molecule has 0 saturated carbocycles. The molecule has 2 aliphatic rings. The molecule has 0 fully saturated rings. The molecule has 0 amide bonds. The summed E-state index contributed by atoms with van der Waals surface area (Å²) in [4.78, 5) is 0. The Labute approximate surface area is 182 Å². The SMILES string of the molecule is CC1=CC(C)(O)CC(C(C)(C)c2cccc(C(C)(C)C3=CC(C)=CC(C)(O)C3)c2)=C1. The van der Waals surface area contributed by atoms with Gasteiger partial charge < -0.3 is 10.2 Å². The van der Waals surface area contributed by atoms with E-state index >= 15 is 0 Å². The second-order valence-corrected chi connectivity index (χ2v) is 11.0. The van der Waals surface area contributed by atoms with Crippen molar-refractivity contribution in [2.45, 2.75) is 90.3 Å². The Bertz CT molecular complexity index is 887. The fourth-order valence-electron chi connectivity index (χ4n) is 5.06. The summed E-state index contributed by atoms with van der Waals surface area (Å²) in [6.45, 7) is 16.9. The first kappa shape index (κ1) is 22.8. The molecular weight excluding hydrogens is 368 g/mol. The van der Waals surface area contributed by atoms with E-state index in [0.717, 1.165) is 11.1 Å². The van der Waals surface area contributed by atoms with Crippen LogP contribution in [0.3, 0.4) is 0 Å². The average Bonchev–Trinajstić information content (AvgIpc) is 2.58. The molecule has 0 aromatic heterocycles. The van der Waals surface area contributed by atoms with Crippen LogP contribution < -0.4 is 0 Å². The van der Waals surface area contributed by atoms with Crippen LogP contribution in [0, 0.1) is 0 Å². The van der Waals surface area contributed by atoms with Crippen LogP contribution in [-0.2, 0) is 10.8 Å². The summed E-state index contributed by atoms with van der Waals surface area (Å²) in [7, 11) is 0. The van der Waals surface area contributed by atoms with Gasteiger partial charge in [-0.1, -0.05) is 98.6 Å². The molecule has 2 heteroatoms. The molecule has 0 saturated heterocycles. The molecule has 0 aliphatic heterocycles. The van der Waals surface area contributed by atoms with Crippen molar-refractivity contribution >= 4 is 0 Å². The fourth-order valence-corrected chi connectivity index (χ4v) is 5.06. The van der Waals surface area contributed by atoms with Crippen LogP contribution in [0.4, 0.5) is 0 Å². The van der Waals surface area contributed by atoms with Gasteiger partial charge >= 0.3 is 0 Å². The smallest absolute Gasteiger partial charge is 0.0842 e. The van der Waals surface area contributed by atoms with E-state index in [2.05, 4.69) is 78.0 Å². The van der Waals surface area contributed by atoms with Gasteiger partial charge in [0.25, 0.3) is 0 Å². The highest BCUT2D eigenvalue weighted by Crippen LogP contribution is 2.43. The van der Waals surface area contributed by atoms with E-state index in [-0.39, 0.29) is 10.8 Å². The van der Waals surface area contributed by atoms with Crippen molar-refractivity contribution in [2.75, 3.05) is 0 Å². The summed E-state index contributed by atoms with van der Waals surface area (Å²) >= 11 is 0. The lowest BCUT2D eigenvalue weighted by molar-refractivity contribution is 0.105. The molecule has 2 unspecified atom stereocenters. The second kappa shape index (κ2) is 7.35. The maximum atomic E-state index is 10.7. The summed E-state index contributed by atoms with van der Waals surface area (Å²) in [5, 5.41) is 21.4. The predicted octanol–water partition coefficient (Wildman–Crippen LogP) is 6.30. The van der Waals surface area contributed by atoms with Crippen LogP contribution in [0.15, 0.2) is 70.9 Å². The van der Waals surface area contributed by atoms with Gasteiger partial charge in [0.05, 0.1) is 11.2 Å². The van der Waals surface area contributed by atoms with E-state index in [1.54, 1.807) is 0 Å². The van der Waals surface area contributed by atoms with Gasteiger partial charge in [-0.15, -0.1) is 0 Å². The third-order valence-corrected chi connectivity index (χ3v) is 6.89. The number of rotatable bonds is 4. The summed E-state index contributed by atoms with van der Waals surface area (Å²) < 4.78 is 0. The molecule has 2 N–H and O–H groups in total. The number of hydrogen-bond acceptors (Lipinski definition) is 2. The number of aliphatic hydroxyl groups is 2. The van der Waals surface area contributed by atoms with Gasteiger partial charge in [0.15, 0.2) is 0 Å². The summed E-state index contributed by atoms with van der Waals surface area (Å²) in [5.41, 5.74) is 5.25. The topological polar surface area (TPSA) is 40.5 Å². The van der Waals surface area contributed by atoms with Crippen molar-refractivity contribution in [2.24, 2.45) is 0 Å². The molecule has 162 valence electrons. The Kier molecular flexibility index (Phi) is 5.58. The first-order valence-electron chi connectivity index (χ1n) is 11.0. The average molecular weight is 407 g/mol. The zero-order valence-electron chi connectivity index (χ0n) is 19.9. The zero-order chi connectivity index (χ0) is 22.5. The van der Waals surface area contributed by atoms with Crippen LogP contribution >= 0.6 is 0 Å². The maximum Gasteiger partial charge on any atom is 0.0842 e. The minimum absolute atomic E-state index is 0.187. The molecule has 2 nitrogen and oxygen atoms in total. The minimum Gasteiger partial charge on any atom is -0.386 e. The molecular formula is C28H38O2. The Morgan fingerprint density at radius 1 is 0.733 bits per heavy atom. The molecule has 3 rings (SSSR count). The van der Waals surface area contributed by atoms with Crippen molar-refractivity contribution < 1.29 is 10.2 Å². The highest BCUT2D eigenvalue weighted by atomic mass is 16.3. The lowest BCUT2D eigenvalue weighted by atomic mass is 9.68. The van der Waals surface area contributed by atoms with E-state index in [0.29, 0.717) is 12.8 Å². The van der Waals surface area contributed by atoms with Crippen LogP contribution in [0.5, 0.6) is 0 Å². The molecule has 2 atom stereocenters. The predicted molar refractivity (Wildman–Crippen MR) is 127 cm³/mol. The Morgan fingerprint density at radius 2 is 1.10 bits per heavy atom. The molecule has 1 aromatic carbocycles. The quantitative estimate of drug-likeness (QED) is 0.616. The summed E-state index contributed by atoms with van der Waals surface area (Å²) in [5.74, 6) is 0. The van der Waals surface area contributed by atoms with Crippen molar-refractivity contribution in [3.63, 3.8) is 0 Å². The van der Waals surface area contributed by atoms with Crippen LogP contribution in [0.25, 0.3) is 0 Å². The van der Waals surface area contributed by atoms with Crippen molar-refractivity contribution in [1.29, 1.82) is 0 Å². The van der Waals surface area contributed by atoms with E-state index in [1.165, 1.54) is 22.3 Å².